The van der Waals surface area contributed by atoms with Crippen LogP contribution in [0.4, 0.5) is 13.2 Å². The quantitative estimate of drug-likeness (QED) is 0.380. The van der Waals surface area contributed by atoms with Gasteiger partial charge in [0.05, 0.1) is 0 Å². The SMILES string of the molecule is CCNC(=NCCCN1CCC(C)CC1)NCCCCC(F)(F)F. The largest absolute Gasteiger partial charge is 0.389 e. The van der Waals surface area contributed by atoms with Crippen molar-refractivity contribution < 1.29 is 13.2 Å². The summed E-state index contributed by atoms with van der Waals surface area (Å²) in [5.74, 6) is 1.55. The summed E-state index contributed by atoms with van der Waals surface area (Å²) in [7, 11) is 0. The first kappa shape index (κ1) is 21.1. The van der Waals surface area contributed by atoms with Gasteiger partial charge < -0.3 is 15.5 Å². The number of nitrogens with zero attached hydrogens (tertiary/aromatic N) is 2. The predicted molar refractivity (Wildman–Crippen MR) is 93.3 cm³/mol. The number of hydrogen-bond acceptors (Lipinski definition) is 2. The summed E-state index contributed by atoms with van der Waals surface area (Å²) in [5, 5.41) is 6.25. The third-order valence-corrected chi connectivity index (χ3v) is 4.30. The number of halogens is 3. The molecule has 1 heterocycles. The Kier molecular flexibility index (Phi) is 10.1. The van der Waals surface area contributed by atoms with Crippen LogP contribution in [0.15, 0.2) is 4.99 Å². The van der Waals surface area contributed by atoms with Gasteiger partial charge in [0.15, 0.2) is 5.96 Å². The molecule has 0 bridgehead atoms. The number of unbranched alkanes of at least 4 members (excludes halogenated alkanes) is 1. The zero-order chi connectivity index (χ0) is 17.8. The summed E-state index contributed by atoms with van der Waals surface area (Å²) in [6.07, 6.45) is -0.531. The summed E-state index contributed by atoms with van der Waals surface area (Å²) in [6.45, 7) is 9.74. The van der Waals surface area contributed by atoms with E-state index in [0.717, 1.165) is 32.0 Å². The molecule has 0 amide bonds. The molecule has 2 N–H and O–H groups in total. The number of hydrogen-bond donors (Lipinski definition) is 2. The van der Waals surface area contributed by atoms with Crippen LogP contribution in [0.1, 0.15) is 52.4 Å². The van der Waals surface area contributed by atoms with Crippen molar-refractivity contribution in [3.63, 3.8) is 0 Å². The van der Waals surface area contributed by atoms with Crippen molar-refractivity contribution in [2.75, 3.05) is 39.3 Å². The van der Waals surface area contributed by atoms with Gasteiger partial charge in [-0.1, -0.05) is 6.92 Å². The maximum atomic E-state index is 12.1. The van der Waals surface area contributed by atoms with Crippen molar-refractivity contribution in [2.24, 2.45) is 10.9 Å². The lowest BCUT2D eigenvalue weighted by atomic mass is 9.99. The average Bonchev–Trinajstić information content (AvgIpc) is 2.51. The van der Waals surface area contributed by atoms with Crippen molar-refractivity contribution in [2.45, 2.75) is 58.5 Å². The Hall–Kier alpha value is -0.980. The Balaban J connectivity index is 2.15. The molecule has 1 saturated heterocycles. The highest BCUT2D eigenvalue weighted by molar-refractivity contribution is 5.79. The molecule has 1 rings (SSSR count). The Morgan fingerprint density at radius 1 is 1.12 bits per heavy atom. The van der Waals surface area contributed by atoms with E-state index < -0.39 is 12.6 Å². The van der Waals surface area contributed by atoms with E-state index in [0.29, 0.717) is 18.9 Å². The lowest BCUT2D eigenvalue weighted by molar-refractivity contribution is -0.135. The van der Waals surface area contributed by atoms with Gasteiger partial charge in [-0.25, -0.2) is 0 Å². The molecule has 0 atom stereocenters. The third kappa shape index (κ3) is 10.7. The Bertz CT molecular complexity index is 350. The van der Waals surface area contributed by atoms with Crippen LogP contribution in [0.5, 0.6) is 0 Å². The molecular weight excluding hydrogens is 317 g/mol. The Morgan fingerprint density at radius 3 is 2.46 bits per heavy atom. The van der Waals surface area contributed by atoms with Crippen molar-refractivity contribution in [1.82, 2.24) is 15.5 Å². The van der Waals surface area contributed by atoms with Gasteiger partial charge in [0.1, 0.15) is 0 Å². The molecule has 1 fully saturated rings. The van der Waals surface area contributed by atoms with Crippen molar-refractivity contribution in [3.05, 3.63) is 0 Å². The van der Waals surface area contributed by atoms with Crippen molar-refractivity contribution in [3.8, 4) is 0 Å². The van der Waals surface area contributed by atoms with E-state index in [1.54, 1.807) is 0 Å². The molecule has 4 nitrogen and oxygen atoms in total. The second-order valence-corrected chi connectivity index (χ2v) is 6.64. The van der Waals surface area contributed by atoms with E-state index in [9.17, 15) is 13.2 Å². The minimum Gasteiger partial charge on any atom is -0.357 e. The number of alkyl halides is 3. The summed E-state index contributed by atoms with van der Waals surface area (Å²) >= 11 is 0. The van der Waals surface area contributed by atoms with Gasteiger partial charge in [-0.15, -0.1) is 0 Å². The fourth-order valence-corrected chi connectivity index (χ4v) is 2.77. The molecule has 0 aromatic rings. The number of nitrogens with one attached hydrogen (secondary N) is 2. The number of aliphatic imine (C=N–C) groups is 1. The second kappa shape index (κ2) is 11.6. The summed E-state index contributed by atoms with van der Waals surface area (Å²) in [6, 6.07) is 0. The monoisotopic (exact) mass is 350 g/mol. The van der Waals surface area contributed by atoms with Crippen LogP contribution in [-0.4, -0.2) is 56.3 Å². The molecule has 7 heteroatoms. The standard InChI is InChI=1S/C17H33F3N4/c1-3-21-16(22-10-5-4-9-17(18,19)20)23-11-6-12-24-13-7-15(2)8-14-24/h15H,3-14H2,1-2H3,(H2,21,22,23). The maximum Gasteiger partial charge on any atom is 0.389 e. The molecule has 0 radical (unpaired) electrons. The summed E-state index contributed by atoms with van der Waals surface area (Å²) in [5.41, 5.74) is 0. The zero-order valence-corrected chi connectivity index (χ0v) is 15.1. The topological polar surface area (TPSA) is 39.7 Å². The van der Waals surface area contributed by atoms with Crippen LogP contribution in [-0.2, 0) is 0 Å². The molecule has 0 aromatic heterocycles. The molecule has 1 aliphatic rings. The van der Waals surface area contributed by atoms with E-state index in [4.69, 9.17) is 0 Å². The molecule has 0 aromatic carbocycles. The molecule has 0 unspecified atom stereocenters. The van der Waals surface area contributed by atoms with Gasteiger partial charge in [-0.05, 0) is 64.6 Å². The molecule has 0 aliphatic carbocycles. The number of likely N-dealkylation sites (tertiary alicyclic amines) is 1. The van der Waals surface area contributed by atoms with Gasteiger partial charge in [-0.3, -0.25) is 4.99 Å². The lowest BCUT2D eigenvalue weighted by Crippen LogP contribution is -2.38. The highest BCUT2D eigenvalue weighted by Gasteiger charge is 2.25. The molecule has 0 spiro atoms. The van der Waals surface area contributed by atoms with Crippen LogP contribution < -0.4 is 10.6 Å². The first-order chi connectivity index (χ1) is 11.4. The molecule has 1 aliphatic heterocycles. The van der Waals surface area contributed by atoms with Gasteiger partial charge in [0, 0.05) is 26.1 Å². The van der Waals surface area contributed by atoms with Crippen LogP contribution in [0.2, 0.25) is 0 Å². The summed E-state index contributed by atoms with van der Waals surface area (Å²) < 4.78 is 36.2. The molecule has 142 valence electrons. The lowest BCUT2D eigenvalue weighted by Gasteiger charge is -2.29. The van der Waals surface area contributed by atoms with E-state index in [1.807, 2.05) is 6.92 Å². The number of piperidine rings is 1. The van der Waals surface area contributed by atoms with Gasteiger partial charge in [-0.2, -0.15) is 13.2 Å². The van der Waals surface area contributed by atoms with Gasteiger partial charge >= 0.3 is 6.18 Å². The second-order valence-electron chi connectivity index (χ2n) is 6.64. The van der Waals surface area contributed by atoms with E-state index in [2.05, 4.69) is 27.4 Å². The normalized spacial score (nSPS) is 18.0. The van der Waals surface area contributed by atoms with Gasteiger partial charge in [0.25, 0.3) is 0 Å². The maximum absolute atomic E-state index is 12.1. The predicted octanol–water partition coefficient (Wildman–Crippen LogP) is 3.40. The van der Waals surface area contributed by atoms with Crippen LogP contribution in [0, 0.1) is 5.92 Å². The average molecular weight is 350 g/mol. The molecular formula is C17H33F3N4. The Morgan fingerprint density at radius 2 is 1.83 bits per heavy atom. The van der Waals surface area contributed by atoms with E-state index in [1.165, 1.54) is 25.9 Å². The third-order valence-electron chi connectivity index (χ3n) is 4.30. The first-order valence-corrected chi connectivity index (χ1v) is 9.22. The minimum absolute atomic E-state index is 0.156. The molecule has 0 saturated carbocycles. The Labute approximate surface area is 144 Å². The highest BCUT2D eigenvalue weighted by Crippen LogP contribution is 2.21. The van der Waals surface area contributed by atoms with Crippen LogP contribution in [0.3, 0.4) is 0 Å². The molecule has 24 heavy (non-hydrogen) atoms. The first-order valence-electron chi connectivity index (χ1n) is 9.22. The van der Waals surface area contributed by atoms with Crippen molar-refractivity contribution >= 4 is 5.96 Å². The van der Waals surface area contributed by atoms with E-state index in [-0.39, 0.29) is 6.42 Å². The summed E-state index contributed by atoms with van der Waals surface area (Å²) in [4.78, 5) is 7.00. The zero-order valence-electron chi connectivity index (χ0n) is 15.1. The number of rotatable bonds is 9. The smallest absolute Gasteiger partial charge is 0.357 e. The number of guanidine groups is 1. The fraction of sp³-hybridized carbons (Fsp3) is 0.941. The fourth-order valence-electron chi connectivity index (χ4n) is 2.77. The van der Waals surface area contributed by atoms with E-state index >= 15 is 0 Å². The van der Waals surface area contributed by atoms with Gasteiger partial charge in [0.2, 0.25) is 0 Å². The van der Waals surface area contributed by atoms with Crippen LogP contribution >= 0.6 is 0 Å². The highest BCUT2D eigenvalue weighted by atomic mass is 19.4. The minimum atomic E-state index is -4.05. The van der Waals surface area contributed by atoms with Crippen LogP contribution in [0.25, 0.3) is 0 Å². The van der Waals surface area contributed by atoms with Crippen molar-refractivity contribution in [1.29, 1.82) is 0 Å².